The molecule has 0 amide bonds. The molecule has 20 heavy (non-hydrogen) atoms. The number of methoxy groups -OCH3 is 1. The van der Waals surface area contributed by atoms with E-state index < -0.39 is 0 Å². The highest BCUT2D eigenvalue weighted by Crippen LogP contribution is 2.15. The van der Waals surface area contributed by atoms with Crippen molar-refractivity contribution < 1.29 is 19.0 Å². The van der Waals surface area contributed by atoms with Gasteiger partial charge in [0.05, 0.1) is 19.3 Å². The van der Waals surface area contributed by atoms with Crippen LogP contribution in [0.2, 0.25) is 0 Å². The van der Waals surface area contributed by atoms with Crippen LogP contribution in [0.3, 0.4) is 0 Å². The third-order valence-electron chi connectivity index (χ3n) is 3.21. The molecule has 1 aromatic carbocycles. The zero-order chi connectivity index (χ0) is 14.2. The van der Waals surface area contributed by atoms with Crippen molar-refractivity contribution in [3.8, 4) is 0 Å². The summed E-state index contributed by atoms with van der Waals surface area (Å²) in [4.78, 5) is 11.2. The van der Waals surface area contributed by atoms with E-state index in [0.29, 0.717) is 19.6 Å². The van der Waals surface area contributed by atoms with E-state index in [2.05, 4.69) is 0 Å². The molecule has 1 heterocycles. The van der Waals surface area contributed by atoms with Crippen molar-refractivity contribution in [3.05, 3.63) is 48.0 Å². The van der Waals surface area contributed by atoms with E-state index >= 15 is 0 Å². The van der Waals surface area contributed by atoms with Crippen LogP contribution in [0.1, 0.15) is 18.4 Å². The normalized spacial score (nSPS) is 19.6. The quantitative estimate of drug-likeness (QED) is 0.718. The summed E-state index contributed by atoms with van der Waals surface area (Å²) in [6.07, 6.45) is 4.52. The highest BCUT2D eigenvalue weighted by molar-refractivity contribution is 5.82. The fraction of sp³-hybridized carbons (Fsp3) is 0.438. The second-order valence-electron chi connectivity index (χ2n) is 4.79. The van der Waals surface area contributed by atoms with Crippen molar-refractivity contribution in [2.45, 2.75) is 31.7 Å². The Morgan fingerprint density at radius 1 is 1.35 bits per heavy atom. The number of benzene rings is 1. The van der Waals surface area contributed by atoms with Crippen LogP contribution in [0.15, 0.2) is 42.5 Å². The monoisotopic (exact) mass is 276 g/mol. The fourth-order valence-corrected chi connectivity index (χ4v) is 2.12. The predicted molar refractivity (Wildman–Crippen MR) is 75.1 cm³/mol. The van der Waals surface area contributed by atoms with Gasteiger partial charge in [-0.25, -0.2) is 4.79 Å². The van der Waals surface area contributed by atoms with Gasteiger partial charge in [0.2, 0.25) is 0 Å². The Bertz CT molecular complexity index is 441. The largest absolute Gasteiger partial charge is 0.459 e. The molecule has 0 fully saturated rings. The van der Waals surface area contributed by atoms with Crippen LogP contribution in [0.5, 0.6) is 0 Å². The number of hydrogen-bond acceptors (Lipinski definition) is 4. The summed E-state index contributed by atoms with van der Waals surface area (Å²) in [7, 11) is 1.65. The maximum Gasteiger partial charge on any atom is 0.330 e. The zero-order valence-electron chi connectivity index (χ0n) is 11.7. The Hall–Kier alpha value is -1.65. The van der Waals surface area contributed by atoms with Crippen molar-refractivity contribution in [3.63, 3.8) is 0 Å². The van der Waals surface area contributed by atoms with Gasteiger partial charge in [-0.3, -0.25) is 0 Å². The molecule has 1 aliphatic rings. The molecule has 0 bridgehead atoms. The summed E-state index contributed by atoms with van der Waals surface area (Å²) in [5.41, 5.74) is 1.13. The smallest absolute Gasteiger partial charge is 0.330 e. The van der Waals surface area contributed by atoms with Crippen molar-refractivity contribution in [2.24, 2.45) is 0 Å². The van der Waals surface area contributed by atoms with Crippen molar-refractivity contribution in [2.75, 3.05) is 13.7 Å². The molecule has 0 saturated heterocycles. The SMILES string of the molecule is CO[C@H](COCc1ccccc1)C[C@@H]1CC=CC(=O)O1. The fourth-order valence-electron chi connectivity index (χ4n) is 2.12. The summed E-state index contributed by atoms with van der Waals surface area (Å²) in [6.45, 7) is 1.05. The molecule has 0 saturated carbocycles. The van der Waals surface area contributed by atoms with Gasteiger partial charge < -0.3 is 14.2 Å². The highest BCUT2D eigenvalue weighted by atomic mass is 16.6. The molecule has 0 radical (unpaired) electrons. The van der Waals surface area contributed by atoms with E-state index in [1.54, 1.807) is 7.11 Å². The number of rotatable bonds is 7. The van der Waals surface area contributed by atoms with E-state index in [4.69, 9.17) is 14.2 Å². The predicted octanol–water partition coefficient (Wildman–Crippen LogP) is 2.48. The Morgan fingerprint density at radius 2 is 2.15 bits per heavy atom. The molecule has 0 spiro atoms. The summed E-state index contributed by atoms with van der Waals surface area (Å²) >= 11 is 0. The summed E-state index contributed by atoms with van der Waals surface area (Å²) in [5, 5.41) is 0. The van der Waals surface area contributed by atoms with Gasteiger partial charge in [-0.1, -0.05) is 36.4 Å². The number of cyclic esters (lactones) is 1. The van der Waals surface area contributed by atoms with Gasteiger partial charge in [-0.2, -0.15) is 0 Å². The molecule has 0 N–H and O–H groups in total. The molecular formula is C16H20O4. The molecule has 1 aliphatic heterocycles. The number of hydrogen-bond donors (Lipinski definition) is 0. The lowest BCUT2D eigenvalue weighted by atomic mass is 10.1. The van der Waals surface area contributed by atoms with Crippen molar-refractivity contribution >= 4 is 5.97 Å². The molecule has 2 atom stereocenters. The van der Waals surface area contributed by atoms with Crippen LogP contribution < -0.4 is 0 Å². The van der Waals surface area contributed by atoms with Crippen LogP contribution in [0, 0.1) is 0 Å². The molecule has 1 aromatic rings. The maximum absolute atomic E-state index is 11.2. The molecule has 4 heteroatoms. The Labute approximate surface area is 119 Å². The van der Waals surface area contributed by atoms with E-state index in [1.165, 1.54) is 6.08 Å². The van der Waals surface area contributed by atoms with Crippen molar-refractivity contribution in [1.82, 2.24) is 0 Å². The molecular weight excluding hydrogens is 256 g/mol. The van der Waals surface area contributed by atoms with Gasteiger partial charge in [-0.05, 0) is 5.56 Å². The van der Waals surface area contributed by atoms with Crippen LogP contribution >= 0.6 is 0 Å². The minimum absolute atomic E-state index is 0.0667. The van der Waals surface area contributed by atoms with E-state index in [-0.39, 0.29) is 18.2 Å². The minimum atomic E-state index is -0.277. The van der Waals surface area contributed by atoms with E-state index in [9.17, 15) is 4.79 Å². The lowest BCUT2D eigenvalue weighted by Gasteiger charge is -2.23. The first-order valence-electron chi connectivity index (χ1n) is 6.79. The molecule has 108 valence electrons. The van der Waals surface area contributed by atoms with E-state index in [0.717, 1.165) is 12.0 Å². The van der Waals surface area contributed by atoms with Crippen LogP contribution in [-0.2, 0) is 25.6 Å². The topological polar surface area (TPSA) is 44.8 Å². The average molecular weight is 276 g/mol. The number of carbonyl (C=O) groups is 1. The second-order valence-corrected chi connectivity index (χ2v) is 4.79. The number of carbonyl (C=O) groups excluding carboxylic acids is 1. The van der Waals surface area contributed by atoms with Crippen LogP contribution in [-0.4, -0.2) is 31.9 Å². The van der Waals surface area contributed by atoms with Gasteiger partial charge in [0, 0.05) is 26.0 Å². The standard InChI is InChI=1S/C16H20O4/c1-18-15(10-14-8-5-9-16(17)20-14)12-19-11-13-6-3-2-4-7-13/h2-7,9,14-15H,8,10-12H2,1H3/t14-,15-/m0/s1. The van der Waals surface area contributed by atoms with Gasteiger partial charge in [0.15, 0.2) is 0 Å². The second kappa shape index (κ2) is 7.82. The molecule has 0 aromatic heterocycles. The lowest BCUT2D eigenvalue weighted by Crippen LogP contribution is -2.29. The molecule has 0 unspecified atom stereocenters. The molecule has 2 rings (SSSR count). The third kappa shape index (κ3) is 4.79. The first-order valence-corrected chi connectivity index (χ1v) is 6.79. The summed E-state index contributed by atoms with van der Waals surface area (Å²) in [5.74, 6) is -0.277. The Balaban J connectivity index is 1.72. The Kier molecular flexibility index (Phi) is 5.77. The summed E-state index contributed by atoms with van der Waals surface area (Å²) in [6, 6.07) is 10.00. The van der Waals surface area contributed by atoms with Gasteiger partial charge in [0.25, 0.3) is 0 Å². The van der Waals surface area contributed by atoms with Gasteiger partial charge >= 0.3 is 5.97 Å². The molecule has 0 aliphatic carbocycles. The first-order chi connectivity index (χ1) is 9.78. The highest BCUT2D eigenvalue weighted by Gasteiger charge is 2.21. The molecule has 4 nitrogen and oxygen atoms in total. The number of ether oxygens (including phenoxy) is 3. The van der Waals surface area contributed by atoms with Crippen LogP contribution in [0.4, 0.5) is 0 Å². The van der Waals surface area contributed by atoms with E-state index in [1.807, 2.05) is 36.4 Å². The summed E-state index contributed by atoms with van der Waals surface area (Å²) < 4.78 is 16.3. The maximum atomic E-state index is 11.2. The Morgan fingerprint density at radius 3 is 2.85 bits per heavy atom. The first kappa shape index (κ1) is 14.8. The van der Waals surface area contributed by atoms with Gasteiger partial charge in [0.1, 0.15) is 6.10 Å². The number of esters is 1. The zero-order valence-corrected chi connectivity index (χ0v) is 11.7. The van der Waals surface area contributed by atoms with Crippen molar-refractivity contribution in [1.29, 1.82) is 0 Å². The average Bonchev–Trinajstić information content (AvgIpc) is 2.47. The lowest BCUT2D eigenvalue weighted by molar-refractivity contribution is -0.146. The van der Waals surface area contributed by atoms with Gasteiger partial charge in [-0.15, -0.1) is 0 Å². The van der Waals surface area contributed by atoms with Crippen LogP contribution in [0.25, 0.3) is 0 Å². The third-order valence-corrected chi connectivity index (χ3v) is 3.21. The minimum Gasteiger partial charge on any atom is -0.459 e.